The predicted molar refractivity (Wildman–Crippen MR) is 76.4 cm³/mol. The minimum atomic E-state index is -0.195. The van der Waals surface area contributed by atoms with Gasteiger partial charge in [-0.2, -0.15) is 0 Å². The molecular formula is C14H21BrFNO. The van der Waals surface area contributed by atoms with Gasteiger partial charge in [0.1, 0.15) is 5.82 Å². The van der Waals surface area contributed by atoms with Crippen LogP contribution in [0.2, 0.25) is 0 Å². The first-order valence-corrected chi connectivity index (χ1v) is 7.13. The molecule has 0 saturated heterocycles. The third-order valence-electron chi connectivity index (χ3n) is 2.89. The molecule has 0 aromatic heterocycles. The molecule has 2 nitrogen and oxygen atoms in total. The summed E-state index contributed by atoms with van der Waals surface area (Å²) in [6.45, 7) is 3.78. The zero-order valence-corrected chi connectivity index (χ0v) is 12.6. The van der Waals surface area contributed by atoms with E-state index in [1.165, 1.54) is 6.07 Å². The Kier molecular flexibility index (Phi) is 7.47. The van der Waals surface area contributed by atoms with Gasteiger partial charge in [-0.25, -0.2) is 4.39 Å². The molecule has 0 amide bonds. The van der Waals surface area contributed by atoms with Crippen molar-refractivity contribution in [3.8, 4) is 0 Å². The number of nitrogens with one attached hydrogen (secondary N) is 1. The van der Waals surface area contributed by atoms with Crippen molar-refractivity contribution in [2.75, 3.05) is 20.3 Å². The van der Waals surface area contributed by atoms with Crippen molar-refractivity contribution in [2.24, 2.45) is 0 Å². The fourth-order valence-corrected chi connectivity index (χ4v) is 2.44. The van der Waals surface area contributed by atoms with E-state index in [2.05, 4.69) is 28.2 Å². The van der Waals surface area contributed by atoms with Crippen LogP contribution in [0.1, 0.15) is 25.3 Å². The summed E-state index contributed by atoms with van der Waals surface area (Å²) >= 11 is 3.31. The molecule has 1 N–H and O–H groups in total. The molecule has 18 heavy (non-hydrogen) atoms. The first kappa shape index (κ1) is 15.6. The van der Waals surface area contributed by atoms with Crippen LogP contribution in [-0.4, -0.2) is 26.3 Å². The molecule has 0 spiro atoms. The Morgan fingerprint density at radius 1 is 1.44 bits per heavy atom. The summed E-state index contributed by atoms with van der Waals surface area (Å²) in [7, 11) is 1.71. The highest BCUT2D eigenvalue weighted by Gasteiger charge is 2.12. The first-order valence-electron chi connectivity index (χ1n) is 6.34. The fourth-order valence-electron chi connectivity index (χ4n) is 2.01. The highest BCUT2D eigenvalue weighted by molar-refractivity contribution is 9.10. The standard InChI is InChI=1S/C14H21BrFNO/c1-3-17-12(7-5-9-18-2)10-11-6-4-8-13(16)14(11)15/h4,6,8,12,17H,3,5,7,9-10H2,1-2H3. The Morgan fingerprint density at radius 2 is 2.22 bits per heavy atom. The van der Waals surface area contributed by atoms with Gasteiger partial charge >= 0.3 is 0 Å². The van der Waals surface area contributed by atoms with E-state index in [4.69, 9.17) is 4.74 Å². The lowest BCUT2D eigenvalue weighted by molar-refractivity contribution is 0.188. The van der Waals surface area contributed by atoms with E-state index in [1.807, 2.05) is 6.07 Å². The lowest BCUT2D eigenvalue weighted by atomic mass is 10.0. The lowest BCUT2D eigenvalue weighted by Gasteiger charge is -2.18. The van der Waals surface area contributed by atoms with Gasteiger partial charge in [0, 0.05) is 19.8 Å². The molecule has 0 aliphatic heterocycles. The molecule has 0 radical (unpaired) electrons. The van der Waals surface area contributed by atoms with E-state index in [9.17, 15) is 4.39 Å². The van der Waals surface area contributed by atoms with Gasteiger partial charge in [0.05, 0.1) is 4.47 Å². The smallest absolute Gasteiger partial charge is 0.137 e. The lowest BCUT2D eigenvalue weighted by Crippen LogP contribution is -2.31. The van der Waals surface area contributed by atoms with E-state index >= 15 is 0 Å². The molecule has 0 aliphatic rings. The second-order valence-corrected chi connectivity index (χ2v) is 5.10. The summed E-state index contributed by atoms with van der Waals surface area (Å²) in [4.78, 5) is 0. The highest BCUT2D eigenvalue weighted by Crippen LogP contribution is 2.22. The van der Waals surface area contributed by atoms with Gasteiger partial charge in [-0.05, 0) is 53.4 Å². The second kappa shape index (κ2) is 8.62. The molecule has 1 atom stereocenters. The molecule has 1 unspecified atom stereocenters. The average molecular weight is 318 g/mol. The maximum Gasteiger partial charge on any atom is 0.137 e. The van der Waals surface area contributed by atoms with Gasteiger partial charge in [0.2, 0.25) is 0 Å². The molecule has 1 rings (SSSR count). The van der Waals surface area contributed by atoms with Crippen molar-refractivity contribution in [1.82, 2.24) is 5.32 Å². The summed E-state index contributed by atoms with van der Waals surface area (Å²) in [5.41, 5.74) is 1.01. The van der Waals surface area contributed by atoms with E-state index in [1.54, 1.807) is 13.2 Å². The van der Waals surface area contributed by atoms with E-state index in [-0.39, 0.29) is 5.82 Å². The predicted octanol–water partition coefficient (Wildman–Crippen LogP) is 3.54. The Balaban J connectivity index is 2.61. The van der Waals surface area contributed by atoms with E-state index < -0.39 is 0 Å². The van der Waals surface area contributed by atoms with Gasteiger partial charge in [-0.1, -0.05) is 19.1 Å². The van der Waals surface area contributed by atoms with Crippen molar-refractivity contribution in [3.05, 3.63) is 34.1 Å². The quantitative estimate of drug-likeness (QED) is 0.740. The molecule has 0 aliphatic carbocycles. The summed E-state index contributed by atoms with van der Waals surface area (Å²) in [5, 5.41) is 3.44. The van der Waals surface area contributed by atoms with Crippen molar-refractivity contribution >= 4 is 15.9 Å². The van der Waals surface area contributed by atoms with Gasteiger partial charge in [-0.3, -0.25) is 0 Å². The molecule has 1 aromatic carbocycles. The molecular weight excluding hydrogens is 297 g/mol. The molecule has 0 heterocycles. The summed E-state index contributed by atoms with van der Waals surface area (Å²) in [6, 6.07) is 5.56. The number of likely N-dealkylation sites (N-methyl/N-ethyl adjacent to an activating group) is 1. The summed E-state index contributed by atoms with van der Waals surface area (Å²) in [6.07, 6.45) is 2.88. The van der Waals surface area contributed by atoms with Crippen LogP contribution >= 0.6 is 15.9 Å². The average Bonchev–Trinajstić information content (AvgIpc) is 2.35. The Morgan fingerprint density at radius 3 is 2.89 bits per heavy atom. The van der Waals surface area contributed by atoms with Gasteiger partial charge in [-0.15, -0.1) is 0 Å². The fraction of sp³-hybridized carbons (Fsp3) is 0.571. The topological polar surface area (TPSA) is 21.3 Å². The van der Waals surface area contributed by atoms with Crippen LogP contribution < -0.4 is 5.32 Å². The number of ether oxygens (including phenoxy) is 1. The summed E-state index contributed by atoms with van der Waals surface area (Å²) < 4.78 is 19.1. The largest absolute Gasteiger partial charge is 0.385 e. The minimum absolute atomic E-state index is 0.195. The van der Waals surface area contributed by atoms with Crippen molar-refractivity contribution in [3.63, 3.8) is 0 Å². The SMILES string of the molecule is CCNC(CCCOC)Cc1cccc(F)c1Br. The van der Waals surface area contributed by atoms with Crippen LogP contribution in [0.25, 0.3) is 0 Å². The van der Waals surface area contributed by atoms with Gasteiger partial charge in [0.15, 0.2) is 0 Å². The number of methoxy groups -OCH3 is 1. The summed E-state index contributed by atoms with van der Waals surface area (Å²) in [5.74, 6) is -0.195. The van der Waals surface area contributed by atoms with Gasteiger partial charge < -0.3 is 10.1 Å². The normalized spacial score (nSPS) is 12.7. The van der Waals surface area contributed by atoms with Crippen LogP contribution in [0.3, 0.4) is 0 Å². The van der Waals surface area contributed by atoms with Crippen molar-refractivity contribution in [1.29, 1.82) is 0 Å². The van der Waals surface area contributed by atoms with Crippen LogP contribution in [-0.2, 0) is 11.2 Å². The first-order chi connectivity index (χ1) is 8.69. The number of halogens is 2. The monoisotopic (exact) mass is 317 g/mol. The second-order valence-electron chi connectivity index (χ2n) is 4.31. The third-order valence-corrected chi connectivity index (χ3v) is 3.78. The maximum absolute atomic E-state index is 13.4. The minimum Gasteiger partial charge on any atom is -0.385 e. The maximum atomic E-state index is 13.4. The molecule has 0 bridgehead atoms. The molecule has 102 valence electrons. The van der Waals surface area contributed by atoms with Crippen molar-refractivity contribution < 1.29 is 9.13 Å². The van der Waals surface area contributed by atoms with Gasteiger partial charge in [0.25, 0.3) is 0 Å². The Labute approximate surface area is 117 Å². The highest BCUT2D eigenvalue weighted by atomic mass is 79.9. The number of hydrogen-bond acceptors (Lipinski definition) is 2. The number of benzene rings is 1. The van der Waals surface area contributed by atoms with E-state index in [0.29, 0.717) is 10.5 Å². The number of hydrogen-bond donors (Lipinski definition) is 1. The Hall–Kier alpha value is -0.450. The van der Waals surface area contributed by atoms with Crippen molar-refractivity contribution in [2.45, 2.75) is 32.2 Å². The Bertz CT molecular complexity index is 360. The molecule has 1 aromatic rings. The zero-order chi connectivity index (χ0) is 13.4. The molecule has 0 fully saturated rings. The van der Waals surface area contributed by atoms with Crippen LogP contribution in [0.15, 0.2) is 22.7 Å². The molecule has 0 saturated carbocycles. The zero-order valence-electron chi connectivity index (χ0n) is 11.0. The van der Waals surface area contributed by atoms with E-state index in [0.717, 1.165) is 38.0 Å². The number of rotatable bonds is 8. The third kappa shape index (κ3) is 5.04. The van der Waals surface area contributed by atoms with Crippen LogP contribution in [0, 0.1) is 5.82 Å². The molecule has 4 heteroatoms. The van der Waals surface area contributed by atoms with Crippen LogP contribution in [0.5, 0.6) is 0 Å². The van der Waals surface area contributed by atoms with Crippen LogP contribution in [0.4, 0.5) is 4.39 Å².